The molecule has 2 heterocycles. The molecule has 6 nitrogen and oxygen atoms in total. The molecule has 0 saturated heterocycles. The fraction of sp³-hybridized carbons (Fsp3) is 0.105. The van der Waals surface area contributed by atoms with Crippen molar-refractivity contribution in [1.29, 1.82) is 0 Å². The number of halogens is 4. The van der Waals surface area contributed by atoms with E-state index in [1.54, 1.807) is 18.2 Å². The number of nitrogens with one attached hydrogen (secondary N) is 2. The molecule has 2 aromatic heterocycles. The monoisotopic (exact) mass is 418 g/mol. The first kappa shape index (κ1) is 19.0. The van der Waals surface area contributed by atoms with Crippen molar-refractivity contribution >= 4 is 34.4 Å². The maximum atomic E-state index is 13.0. The van der Waals surface area contributed by atoms with Crippen molar-refractivity contribution in [2.24, 2.45) is 0 Å². The normalized spacial score (nSPS) is 11.6. The van der Waals surface area contributed by atoms with Gasteiger partial charge in [-0.2, -0.15) is 17.7 Å². The lowest BCUT2D eigenvalue weighted by Crippen LogP contribution is -2.13. The molecule has 2 aromatic carbocycles. The smallest absolute Gasteiger partial charge is 0.380 e. The van der Waals surface area contributed by atoms with Crippen molar-refractivity contribution in [2.45, 2.75) is 12.7 Å². The maximum absolute atomic E-state index is 13.0. The summed E-state index contributed by atoms with van der Waals surface area (Å²) in [6.07, 6.45) is -4.65. The highest BCUT2D eigenvalue weighted by Crippen LogP contribution is 2.29. The van der Waals surface area contributed by atoms with Crippen LogP contribution < -0.4 is 10.6 Å². The van der Waals surface area contributed by atoms with Crippen LogP contribution in [0.3, 0.4) is 0 Å². The van der Waals surface area contributed by atoms with E-state index in [2.05, 4.69) is 25.9 Å². The molecule has 148 valence electrons. The Kier molecular flexibility index (Phi) is 4.98. The first-order valence-electron chi connectivity index (χ1n) is 8.54. The first-order chi connectivity index (χ1) is 13.9. The van der Waals surface area contributed by atoms with Gasteiger partial charge in [-0.1, -0.05) is 41.9 Å². The lowest BCUT2D eigenvalue weighted by Gasteiger charge is -2.11. The molecule has 0 radical (unpaired) electrons. The quantitative estimate of drug-likeness (QED) is 0.469. The molecule has 0 atom stereocenters. The second kappa shape index (κ2) is 7.59. The number of aromatic nitrogens is 4. The highest BCUT2D eigenvalue weighted by Gasteiger charge is 2.37. The van der Waals surface area contributed by atoms with Crippen molar-refractivity contribution in [1.82, 2.24) is 19.8 Å². The van der Waals surface area contributed by atoms with Gasteiger partial charge in [0.25, 0.3) is 5.82 Å². The largest absolute Gasteiger partial charge is 0.453 e. The van der Waals surface area contributed by atoms with Crippen LogP contribution >= 0.6 is 11.6 Å². The fourth-order valence-corrected chi connectivity index (χ4v) is 2.96. The molecule has 10 heteroatoms. The van der Waals surface area contributed by atoms with Crippen LogP contribution in [0.15, 0.2) is 60.7 Å². The summed E-state index contributed by atoms with van der Waals surface area (Å²) in [6.45, 7) is 0.611. The van der Waals surface area contributed by atoms with Crippen molar-refractivity contribution in [3.05, 3.63) is 77.1 Å². The number of rotatable bonds is 5. The zero-order valence-electron chi connectivity index (χ0n) is 14.8. The van der Waals surface area contributed by atoms with E-state index in [1.165, 1.54) is 12.1 Å². The van der Waals surface area contributed by atoms with Gasteiger partial charge in [-0.05, 0) is 35.9 Å². The van der Waals surface area contributed by atoms with Crippen molar-refractivity contribution in [3.63, 3.8) is 0 Å². The Morgan fingerprint density at radius 2 is 1.76 bits per heavy atom. The summed E-state index contributed by atoms with van der Waals surface area (Å²) in [5, 5.41) is 17.2. The van der Waals surface area contributed by atoms with Crippen molar-refractivity contribution < 1.29 is 13.2 Å². The van der Waals surface area contributed by atoms with Gasteiger partial charge in [0.05, 0.1) is 10.7 Å². The number of anilines is 3. The van der Waals surface area contributed by atoms with Gasteiger partial charge in [-0.3, -0.25) is 0 Å². The summed E-state index contributed by atoms with van der Waals surface area (Å²) in [6, 6.07) is 18.0. The van der Waals surface area contributed by atoms with Crippen LogP contribution in [0.4, 0.5) is 30.4 Å². The highest BCUT2D eigenvalue weighted by atomic mass is 35.5. The van der Waals surface area contributed by atoms with Crippen molar-refractivity contribution in [3.8, 4) is 0 Å². The van der Waals surface area contributed by atoms with Crippen LogP contribution in [0, 0.1) is 0 Å². The number of hydrogen-bond donors (Lipinski definition) is 2. The Bertz CT molecular complexity index is 1140. The third kappa shape index (κ3) is 4.24. The predicted octanol–water partition coefficient (Wildman–Crippen LogP) is 5.15. The number of nitrogens with zero attached hydrogens (tertiary/aromatic N) is 4. The molecule has 0 saturated carbocycles. The van der Waals surface area contributed by atoms with E-state index < -0.39 is 12.0 Å². The van der Waals surface area contributed by atoms with Crippen LogP contribution in [0.5, 0.6) is 0 Å². The van der Waals surface area contributed by atoms with Crippen LogP contribution in [0.2, 0.25) is 5.02 Å². The summed E-state index contributed by atoms with van der Waals surface area (Å²) in [5.74, 6) is -0.987. The van der Waals surface area contributed by atoms with Gasteiger partial charge in [0.2, 0.25) is 0 Å². The van der Waals surface area contributed by atoms with Crippen LogP contribution in [-0.4, -0.2) is 19.8 Å². The minimum absolute atomic E-state index is 0.00127. The predicted molar refractivity (Wildman–Crippen MR) is 104 cm³/mol. The van der Waals surface area contributed by atoms with Gasteiger partial charge in [0.1, 0.15) is 0 Å². The van der Waals surface area contributed by atoms with Gasteiger partial charge >= 0.3 is 6.18 Å². The number of benzene rings is 2. The summed E-state index contributed by atoms with van der Waals surface area (Å²) >= 11 is 6.33. The number of hydrogen-bond acceptors (Lipinski definition) is 5. The molecular formula is C19H14ClF3N6. The number of alkyl halides is 3. The highest BCUT2D eigenvalue weighted by molar-refractivity contribution is 6.33. The molecular weight excluding hydrogens is 405 g/mol. The topological polar surface area (TPSA) is 67.1 Å². The lowest BCUT2D eigenvalue weighted by atomic mass is 10.2. The second-order valence-electron chi connectivity index (χ2n) is 6.17. The summed E-state index contributed by atoms with van der Waals surface area (Å²) in [4.78, 5) is 0. The first-order valence-corrected chi connectivity index (χ1v) is 8.92. The Labute approximate surface area is 168 Å². The maximum Gasteiger partial charge on any atom is 0.453 e. The standard InChI is InChI=1S/C19H14ClF3N6/c20-14-10-13(6-7-15(14)24-11-12-4-2-1-3-5-12)25-16-8-9-17-26-27-18(19(21,22)23)29(17)28-16/h1-10,24H,11H2,(H,25,28). The van der Waals surface area contributed by atoms with E-state index in [-0.39, 0.29) is 11.5 Å². The Hall–Kier alpha value is -3.33. The summed E-state index contributed by atoms with van der Waals surface area (Å²) in [5.41, 5.74) is 2.43. The molecule has 0 aliphatic rings. The minimum atomic E-state index is -4.65. The van der Waals surface area contributed by atoms with E-state index in [9.17, 15) is 13.2 Å². The average molecular weight is 419 g/mol. The molecule has 0 spiro atoms. The van der Waals surface area contributed by atoms with Gasteiger partial charge in [0, 0.05) is 12.2 Å². The molecule has 4 rings (SSSR count). The van der Waals surface area contributed by atoms with E-state index in [0.29, 0.717) is 21.8 Å². The third-order valence-electron chi connectivity index (χ3n) is 4.08. The average Bonchev–Trinajstić information content (AvgIpc) is 3.12. The molecule has 29 heavy (non-hydrogen) atoms. The second-order valence-corrected chi connectivity index (χ2v) is 6.58. The summed E-state index contributed by atoms with van der Waals surface area (Å²) in [7, 11) is 0. The Morgan fingerprint density at radius 3 is 2.48 bits per heavy atom. The van der Waals surface area contributed by atoms with Crippen LogP contribution in [0.1, 0.15) is 11.4 Å². The van der Waals surface area contributed by atoms with E-state index in [0.717, 1.165) is 11.3 Å². The summed E-state index contributed by atoms with van der Waals surface area (Å²) < 4.78 is 39.6. The van der Waals surface area contributed by atoms with Gasteiger partial charge in [0.15, 0.2) is 11.5 Å². The minimum Gasteiger partial charge on any atom is -0.380 e. The molecule has 0 aliphatic carbocycles. The number of fused-ring (bicyclic) bond motifs is 1. The molecule has 0 aliphatic heterocycles. The van der Waals surface area contributed by atoms with E-state index >= 15 is 0 Å². The van der Waals surface area contributed by atoms with Crippen LogP contribution in [-0.2, 0) is 12.7 Å². The van der Waals surface area contributed by atoms with Gasteiger partial charge in [-0.25, -0.2) is 0 Å². The van der Waals surface area contributed by atoms with Gasteiger partial charge in [-0.15, -0.1) is 15.3 Å². The van der Waals surface area contributed by atoms with E-state index in [1.807, 2.05) is 30.3 Å². The molecule has 0 bridgehead atoms. The zero-order chi connectivity index (χ0) is 20.4. The fourth-order valence-electron chi connectivity index (χ4n) is 2.71. The molecule has 0 amide bonds. The Balaban J connectivity index is 1.51. The lowest BCUT2D eigenvalue weighted by molar-refractivity contribution is -0.146. The molecule has 4 aromatic rings. The van der Waals surface area contributed by atoms with Crippen LogP contribution in [0.25, 0.3) is 5.65 Å². The zero-order valence-corrected chi connectivity index (χ0v) is 15.5. The third-order valence-corrected chi connectivity index (χ3v) is 4.40. The molecule has 0 unspecified atom stereocenters. The Morgan fingerprint density at radius 1 is 0.966 bits per heavy atom. The van der Waals surface area contributed by atoms with Gasteiger partial charge < -0.3 is 10.6 Å². The van der Waals surface area contributed by atoms with E-state index in [4.69, 9.17) is 11.6 Å². The molecule has 0 fully saturated rings. The SMILES string of the molecule is FC(F)(F)c1nnc2ccc(Nc3ccc(NCc4ccccc4)c(Cl)c3)nn12. The molecule has 2 N–H and O–H groups in total. The van der Waals surface area contributed by atoms with Crippen molar-refractivity contribution in [2.75, 3.05) is 10.6 Å².